The van der Waals surface area contributed by atoms with Crippen LogP contribution in [-0.2, 0) is 0 Å². The molecule has 1 amide bonds. The molecule has 6 heteroatoms. The van der Waals surface area contributed by atoms with E-state index in [1.54, 1.807) is 18.2 Å². The van der Waals surface area contributed by atoms with E-state index in [1.807, 2.05) is 0 Å². The topological polar surface area (TPSA) is 66.4 Å². The highest BCUT2D eigenvalue weighted by atomic mass is 35.5. The Morgan fingerprint density at radius 1 is 1.00 bits per heavy atom. The molecule has 4 aliphatic rings. The van der Waals surface area contributed by atoms with Crippen LogP contribution in [0.2, 0.25) is 5.02 Å². The van der Waals surface area contributed by atoms with Gasteiger partial charge in [0.1, 0.15) is 5.82 Å². The van der Waals surface area contributed by atoms with Gasteiger partial charge in [-0.3, -0.25) is 4.79 Å². The zero-order valence-corrected chi connectivity index (χ0v) is 17.9. The van der Waals surface area contributed by atoms with Crippen molar-refractivity contribution in [1.29, 1.82) is 0 Å². The molecule has 0 aliphatic heterocycles. The number of carbonyl (C=O) groups is 2. The number of nitrogens with one attached hydrogen (secondary N) is 1. The van der Waals surface area contributed by atoms with Crippen molar-refractivity contribution in [3.05, 3.63) is 58.4 Å². The Balaban J connectivity index is 1.38. The van der Waals surface area contributed by atoms with E-state index < -0.39 is 11.8 Å². The second kappa shape index (κ2) is 7.63. The first kappa shape index (κ1) is 20.5. The summed E-state index contributed by atoms with van der Waals surface area (Å²) in [6, 6.07) is 8.24. The standard InChI is InChI=1S/C25H25ClFNO3/c26-22-4-1-17(20-9-18(27)2-3-19(20)24(30)31)8-21(22)23(29)28-13-25-10-14-5-15(11-25)7-16(6-14)12-25/h1-4,8-9,14-16H,5-7,10-13H2,(H,28,29)(H,30,31). The van der Waals surface area contributed by atoms with Crippen molar-refractivity contribution in [2.24, 2.45) is 23.2 Å². The molecule has 0 saturated heterocycles. The monoisotopic (exact) mass is 441 g/mol. The number of carboxylic acids is 1. The molecule has 2 aromatic rings. The van der Waals surface area contributed by atoms with Crippen molar-refractivity contribution >= 4 is 23.5 Å². The van der Waals surface area contributed by atoms with Gasteiger partial charge in [0, 0.05) is 6.54 Å². The normalized spacial score (nSPS) is 28.5. The SMILES string of the molecule is O=C(NCC12CC3CC(CC(C3)C1)C2)c1cc(-c2cc(F)ccc2C(=O)O)ccc1Cl. The van der Waals surface area contributed by atoms with Crippen molar-refractivity contribution in [2.45, 2.75) is 38.5 Å². The zero-order chi connectivity index (χ0) is 21.8. The van der Waals surface area contributed by atoms with Crippen LogP contribution in [0, 0.1) is 29.0 Å². The maximum Gasteiger partial charge on any atom is 0.336 e. The first-order valence-corrected chi connectivity index (χ1v) is 11.3. The largest absolute Gasteiger partial charge is 0.478 e. The minimum absolute atomic E-state index is 0.0244. The summed E-state index contributed by atoms with van der Waals surface area (Å²) in [5.74, 6) is 0.448. The van der Waals surface area contributed by atoms with Crippen molar-refractivity contribution in [3.63, 3.8) is 0 Å². The summed E-state index contributed by atoms with van der Waals surface area (Å²) >= 11 is 6.32. The Kier molecular flexibility index (Phi) is 5.04. The van der Waals surface area contributed by atoms with Gasteiger partial charge in [0.2, 0.25) is 0 Å². The number of carbonyl (C=O) groups excluding carboxylic acids is 1. The summed E-state index contributed by atoms with van der Waals surface area (Å²) in [7, 11) is 0. The third-order valence-corrected chi connectivity index (χ3v) is 7.85. The molecule has 4 saturated carbocycles. The van der Waals surface area contributed by atoms with Gasteiger partial charge in [-0.2, -0.15) is 0 Å². The van der Waals surface area contributed by atoms with Gasteiger partial charge < -0.3 is 10.4 Å². The van der Waals surface area contributed by atoms with E-state index in [1.165, 1.54) is 50.7 Å². The highest BCUT2D eigenvalue weighted by Gasteiger charge is 2.50. The molecule has 162 valence electrons. The second-order valence-corrected chi connectivity index (χ2v) is 10.2. The van der Waals surface area contributed by atoms with Crippen molar-refractivity contribution in [3.8, 4) is 11.1 Å². The maximum atomic E-state index is 13.8. The summed E-state index contributed by atoms with van der Waals surface area (Å²) in [5.41, 5.74) is 1.13. The molecule has 4 nitrogen and oxygen atoms in total. The van der Waals surface area contributed by atoms with Crippen molar-refractivity contribution < 1.29 is 19.1 Å². The first-order chi connectivity index (χ1) is 14.8. The van der Waals surface area contributed by atoms with Crippen LogP contribution in [0.5, 0.6) is 0 Å². The minimum atomic E-state index is -1.15. The number of benzene rings is 2. The zero-order valence-electron chi connectivity index (χ0n) is 17.2. The number of hydrogen-bond acceptors (Lipinski definition) is 2. The molecule has 0 aromatic heterocycles. The predicted octanol–water partition coefficient (Wildman–Crippen LogP) is 5.79. The molecule has 2 N–H and O–H groups in total. The predicted molar refractivity (Wildman–Crippen MR) is 117 cm³/mol. The lowest BCUT2D eigenvalue weighted by atomic mass is 9.49. The molecule has 0 heterocycles. The molecule has 4 aliphatic carbocycles. The summed E-state index contributed by atoms with van der Waals surface area (Å²) in [6.07, 6.45) is 7.62. The summed E-state index contributed by atoms with van der Waals surface area (Å²) in [5, 5.41) is 12.9. The van der Waals surface area contributed by atoms with Gasteiger partial charge in [0.05, 0.1) is 16.1 Å². The molecule has 0 atom stereocenters. The Morgan fingerprint density at radius 2 is 1.65 bits per heavy atom. The summed E-state index contributed by atoms with van der Waals surface area (Å²) in [6.45, 7) is 0.649. The second-order valence-electron chi connectivity index (χ2n) is 9.79. The molecule has 6 rings (SSSR count). The summed E-state index contributed by atoms with van der Waals surface area (Å²) in [4.78, 5) is 24.6. The highest BCUT2D eigenvalue weighted by molar-refractivity contribution is 6.34. The van der Waals surface area contributed by atoms with Gasteiger partial charge in [0.25, 0.3) is 5.91 Å². The lowest BCUT2D eigenvalue weighted by Crippen LogP contribution is -2.51. The number of carboxylic acid groups (broad SMARTS) is 1. The lowest BCUT2D eigenvalue weighted by molar-refractivity contribution is -0.0503. The Labute approximate surface area is 185 Å². The van der Waals surface area contributed by atoms with Gasteiger partial charge in [-0.15, -0.1) is 0 Å². The van der Waals surface area contributed by atoms with E-state index in [-0.39, 0.29) is 28.0 Å². The third-order valence-electron chi connectivity index (χ3n) is 7.52. The van der Waals surface area contributed by atoms with E-state index in [2.05, 4.69) is 5.32 Å². The third kappa shape index (κ3) is 3.84. The number of halogens is 2. The van der Waals surface area contributed by atoms with E-state index in [0.29, 0.717) is 17.1 Å². The van der Waals surface area contributed by atoms with E-state index in [0.717, 1.165) is 23.8 Å². The molecule has 2 aromatic carbocycles. The number of rotatable bonds is 5. The van der Waals surface area contributed by atoms with E-state index in [4.69, 9.17) is 11.6 Å². The molecular weight excluding hydrogens is 417 g/mol. The smallest absolute Gasteiger partial charge is 0.336 e. The molecule has 4 bridgehead atoms. The van der Waals surface area contributed by atoms with E-state index in [9.17, 15) is 19.1 Å². The van der Waals surface area contributed by atoms with Gasteiger partial charge in [-0.1, -0.05) is 17.7 Å². The van der Waals surface area contributed by atoms with Crippen LogP contribution in [0.25, 0.3) is 11.1 Å². The van der Waals surface area contributed by atoms with Crippen LogP contribution in [-0.4, -0.2) is 23.5 Å². The van der Waals surface area contributed by atoms with Crippen LogP contribution in [0.1, 0.15) is 59.2 Å². The number of aromatic carboxylic acids is 1. The van der Waals surface area contributed by atoms with Gasteiger partial charge in [0.15, 0.2) is 0 Å². The highest BCUT2D eigenvalue weighted by Crippen LogP contribution is 2.59. The first-order valence-electron chi connectivity index (χ1n) is 10.9. The van der Waals surface area contributed by atoms with Crippen LogP contribution in [0.4, 0.5) is 4.39 Å². The fraction of sp³-hybridized carbons (Fsp3) is 0.440. The van der Waals surface area contributed by atoms with E-state index >= 15 is 0 Å². The molecule has 31 heavy (non-hydrogen) atoms. The van der Waals surface area contributed by atoms with Crippen LogP contribution in [0.3, 0.4) is 0 Å². The number of amides is 1. The van der Waals surface area contributed by atoms with Gasteiger partial charge >= 0.3 is 5.97 Å². The average Bonchev–Trinajstić information content (AvgIpc) is 2.71. The Hall–Kier alpha value is -2.40. The van der Waals surface area contributed by atoms with Crippen LogP contribution in [0.15, 0.2) is 36.4 Å². The van der Waals surface area contributed by atoms with Crippen molar-refractivity contribution in [1.82, 2.24) is 5.32 Å². The minimum Gasteiger partial charge on any atom is -0.478 e. The fourth-order valence-electron chi connectivity index (χ4n) is 6.68. The Bertz CT molecular complexity index is 1030. The Morgan fingerprint density at radius 3 is 2.26 bits per heavy atom. The summed E-state index contributed by atoms with van der Waals surface area (Å²) < 4.78 is 13.8. The molecule has 0 radical (unpaired) electrons. The molecule has 0 spiro atoms. The lowest BCUT2D eigenvalue weighted by Gasteiger charge is -2.56. The van der Waals surface area contributed by atoms with Crippen LogP contribution < -0.4 is 5.32 Å². The quantitative estimate of drug-likeness (QED) is 0.617. The maximum absolute atomic E-state index is 13.8. The number of hydrogen-bond donors (Lipinski definition) is 2. The van der Waals surface area contributed by atoms with Gasteiger partial charge in [-0.05, 0) is 103 Å². The average molecular weight is 442 g/mol. The molecular formula is C25H25ClFNO3. The van der Waals surface area contributed by atoms with Gasteiger partial charge in [-0.25, -0.2) is 9.18 Å². The molecule has 4 fully saturated rings. The fourth-order valence-corrected chi connectivity index (χ4v) is 6.88. The van der Waals surface area contributed by atoms with Crippen LogP contribution >= 0.6 is 11.6 Å². The van der Waals surface area contributed by atoms with Crippen molar-refractivity contribution in [2.75, 3.05) is 6.54 Å². The molecule has 0 unspecified atom stereocenters.